The molecule has 0 aromatic carbocycles. The molecular formula is C9H15NO. The number of hydrogen-bond donors (Lipinski definition) is 2. The molecule has 2 aliphatic rings. The van der Waals surface area contributed by atoms with Crippen molar-refractivity contribution in [3.05, 3.63) is 11.6 Å². The van der Waals surface area contributed by atoms with Gasteiger partial charge in [0.15, 0.2) is 0 Å². The minimum Gasteiger partial charge on any atom is -0.392 e. The van der Waals surface area contributed by atoms with E-state index in [9.17, 15) is 5.11 Å². The van der Waals surface area contributed by atoms with Crippen LogP contribution in [0.3, 0.4) is 0 Å². The van der Waals surface area contributed by atoms with Crippen LogP contribution in [0.4, 0.5) is 0 Å². The lowest BCUT2D eigenvalue weighted by Gasteiger charge is -2.33. The van der Waals surface area contributed by atoms with Gasteiger partial charge in [-0.2, -0.15) is 0 Å². The second kappa shape index (κ2) is 2.95. The van der Waals surface area contributed by atoms with Gasteiger partial charge in [-0.3, -0.25) is 0 Å². The van der Waals surface area contributed by atoms with Crippen LogP contribution in [0.5, 0.6) is 0 Å². The fraction of sp³-hybridized carbons (Fsp3) is 0.778. The summed E-state index contributed by atoms with van der Waals surface area (Å²) in [5.41, 5.74) is 1.44. The van der Waals surface area contributed by atoms with Gasteiger partial charge in [-0.15, -0.1) is 0 Å². The number of allylic oxidation sites excluding steroid dienone is 1. The van der Waals surface area contributed by atoms with Crippen LogP contribution in [0.1, 0.15) is 19.3 Å². The summed E-state index contributed by atoms with van der Waals surface area (Å²) in [4.78, 5) is 0. The van der Waals surface area contributed by atoms with E-state index in [1.807, 2.05) is 0 Å². The van der Waals surface area contributed by atoms with Gasteiger partial charge in [-0.1, -0.05) is 11.6 Å². The number of aliphatic hydroxyl groups excluding tert-OH is 1. The molecule has 2 N–H and O–H groups in total. The average molecular weight is 153 g/mol. The standard InChI is InChI=1S/C9H15NO/c11-9-3-1-2-7-6-10-5-4-8(7)9/h2,8-11H,1,3-6H2. The minimum absolute atomic E-state index is 0.0582. The van der Waals surface area contributed by atoms with Crippen LogP contribution in [0, 0.1) is 5.92 Å². The van der Waals surface area contributed by atoms with Crippen LogP contribution in [-0.4, -0.2) is 24.3 Å². The summed E-state index contributed by atoms with van der Waals surface area (Å²) < 4.78 is 0. The van der Waals surface area contributed by atoms with Crippen molar-refractivity contribution in [2.24, 2.45) is 5.92 Å². The van der Waals surface area contributed by atoms with Gasteiger partial charge in [0.2, 0.25) is 0 Å². The van der Waals surface area contributed by atoms with E-state index in [-0.39, 0.29) is 6.10 Å². The Morgan fingerprint density at radius 3 is 3.18 bits per heavy atom. The molecule has 2 atom stereocenters. The maximum Gasteiger partial charge on any atom is 0.0609 e. The van der Waals surface area contributed by atoms with Crippen LogP contribution in [0.15, 0.2) is 11.6 Å². The molecule has 62 valence electrons. The van der Waals surface area contributed by atoms with Gasteiger partial charge in [-0.05, 0) is 25.8 Å². The van der Waals surface area contributed by atoms with Crippen LogP contribution < -0.4 is 5.32 Å². The van der Waals surface area contributed by atoms with Gasteiger partial charge in [-0.25, -0.2) is 0 Å². The molecule has 2 rings (SSSR count). The first kappa shape index (κ1) is 7.32. The number of nitrogens with one attached hydrogen (secondary N) is 1. The summed E-state index contributed by atoms with van der Waals surface area (Å²) >= 11 is 0. The molecule has 1 fully saturated rings. The van der Waals surface area contributed by atoms with Gasteiger partial charge in [0.05, 0.1) is 6.10 Å². The quantitative estimate of drug-likeness (QED) is 0.501. The number of hydrogen-bond acceptors (Lipinski definition) is 2. The summed E-state index contributed by atoms with van der Waals surface area (Å²) in [5, 5.41) is 13.0. The van der Waals surface area contributed by atoms with E-state index in [4.69, 9.17) is 0 Å². The summed E-state index contributed by atoms with van der Waals surface area (Å²) in [7, 11) is 0. The molecule has 0 bridgehead atoms. The Morgan fingerprint density at radius 2 is 2.36 bits per heavy atom. The first-order valence-electron chi connectivity index (χ1n) is 4.45. The molecule has 0 aromatic heterocycles. The van der Waals surface area contributed by atoms with Crippen molar-refractivity contribution >= 4 is 0 Å². The molecule has 1 aliphatic heterocycles. The highest BCUT2D eigenvalue weighted by atomic mass is 16.3. The van der Waals surface area contributed by atoms with Crippen molar-refractivity contribution in [3.63, 3.8) is 0 Å². The van der Waals surface area contributed by atoms with Gasteiger partial charge >= 0.3 is 0 Å². The van der Waals surface area contributed by atoms with Crippen molar-refractivity contribution in [3.8, 4) is 0 Å². The SMILES string of the molecule is OC1CCC=C2CNCCC21. The molecule has 2 nitrogen and oxygen atoms in total. The van der Waals surface area contributed by atoms with E-state index < -0.39 is 0 Å². The van der Waals surface area contributed by atoms with Gasteiger partial charge in [0.25, 0.3) is 0 Å². The lowest BCUT2D eigenvalue weighted by Crippen LogP contribution is -2.38. The summed E-state index contributed by atoms with van der Waals surface area (Å²) in [5.74, 6) is 0.477. The Bertz CT molecular complexity index is 176. The maximum absolute atomic E-state index is 9.64. The Hall–Kier alpha value is -0.340. The number of aliphatic hydroxyl groups is 1. The molecular weight excluding hydrogens is 138 g/mol. The Balaban J connectivity index is 2.13. The number of fused-ring (bicyclic) bond motifs is 1. The zero-order valence-electron chi connectivity index (χ0n) is 6.71. The smallest absolute Gasteiger partial charge is 0.0609 e. The predicted octanol–water partition coefficient (Wildman–Crippen LogP) is 0.677. The number of rotatable bonds is 0. The van der Waals surface area contributed by atoms with E-state index in [1.165, 1.54) is 5.57 Å². The van der Waals surface area contributed by atoms with Crippen molar-refractivity contribution in [2.45, 2.75) is 25.4 Å². The molecule has 0 amide bonds. The van der Waals surface area contributed by atoms with Gasteiger partial charge in [0, 0.05) is 12.5 Å². The highest BCUT2D eigenvalue weighted by Crippen LogP contribution is 2.29. The average Bonchev–Trinajstić information content (AvgIpc) is 2.06. The second-order valence-corrected chi connectivity index (χ2v) is 3.50. The summed E-state index contributed by atoms with van der Waals surface area (Å²) in [6.45, 7) is 2.07. The molecule has 1 heterocycles. The molecule has 11 heavy (non-hydrogen) atoms. The summed E-state index contributed by atoms with van der Waals surface area (Å²) in [6.07, 6.45) is 5.39. The van der Waals surface area contributed by atoms with E-state index in [0.717, 1.165) is 32.4 Å². The van der Waals surface area contributed by atoms with Gasteiger partial charge < -0.3 is 10.4 Å². The van der Waals surface area contributed by atoms with E-state index in [0.29, 0.717) is 5.92 Å². The molecule has 0 saturated carbocycles. The highest BCUT2D eigenvalue weighted by Gasteiger charge is 2.27. The molecule has 0 radical (unpaired) electrons. The highest BCUT2D eigenvalue weighted by molar-refractivity contribution is 5.16. The fourth-order valence-corrected chi connectivity index (χ4v) is 2.11. The van der Waals surface area contributed by atoms with E-state index in [2.05, 4.69) is 11.4 Å². The van der Waals surface area contributed by atoms with Crippen molar-refractivity contribution < 1.29 is 5.11 Å². The zero-order valence-corrected chi connectivity index (χ0v) is 6.71. The minimum atomic E-state index is -0.0582. The third-order valence-electron chi connectivity index (χ3n) is 2.77. The lowest BCUT2D eigenvalue weighted by molar-refractivity contribution is 0.0988. The van der Waals surface area contributed by atoms with Gasteiger partial charge in [0.1, 0.15) is 0 Å². The third-order valence-corrected chi connectivity index (χ3v) is 2.77. The van der Waals surface area contributed by atoms with Crippen LogP contribution in [-0.2, 0) is 0 Å². The Labute approximate surface area is 67.3 Å². The largest absolute Gasteiger partial charge is 0.392 e. The van der Waals surface area contributed by atoms with Crippen LogP contribution in [0.2, 0.25) is 0 Å². The summed E-state index contributed by atoms with van der Waals surface area (Å²) in [6, 6.07) is 0. The predicted molar refractivity (Wildman–Crippen MR) is 44.3 cm³/mol. The first-order valence-corrected chi connectivity index (χ1v) is 4.45. The monoisotopic (exact) mass is 153 g/mol. The molecule has 2 heteroatoms. The van der Waals surface area contributed by atoms with Crippen molar-refractivity contribution in [2.75, 3.05) is 13.1 Å². The number of piperidine rings is 1. The Morgan fingerprint density at radius 1 is 1.45 bits per heavy atom. The normalized spacial score (nSPS) is 37.7. The van der Waals surface area contributed by atoms with Crippen LogP contribution >= 0.6 is 0 Å². The molecule has 1 aliphatic carbocycles. The van der Waals surface area contributed by atoms with E-state index >= 15 is 0 Å². The lowest BCUT2D eigenvalue weighted by atomic mass is 9.81. The topological polar surface area (TPSA) is 32.3 Å². The molecule has 0 aromatic rings. The first-order chi connectivity index (χ1) is 5.38. The van der Waals surface area contributed by atoms with Crippen molar-refractivity contribution in [1.82, 2.24) is 5.32 Å². The molecule has 0 spiro atoms. The Kier molecular flexibility index (Phi) is 1.96. The van der Waals surface area contributed by atoms with E-state index in [1.54, 1.807) is 0 Å². The van der Waals surface area contributed by atoms with Crippen molar-refractivity contribution in [1.29, 1.82) is 0 Å². The second-order valence-electron chi connectivity index (χ2n) is 3.50. The zero-order chi connectivity index (χ0) is 7.68. The maximum atomic E-state index is 9.64. The molecule has 2 unspecified atom stereocenters. The van der Waals surface area contributed by atoms with Crippen LogP contribution in [0.25, 0.3) is 0 Å². The molecule has 1 saturated heterocycles. The third kappa shape index (κ3) is 1.33. The fourth-order valence-electron chi connectivity index (χ4n) is 2.11.